The van der Waals surface area contributed by atoms with E-state index in [1.807, 2.05) is 24.3 Å². The first kappa shape index (κ1) is 27.6. The maximum absolute atomic E-state index is 14.1. The number of imidazole rings is 1. The number of nitriles is 1. The Balaban J connectivity index is 1.06. The fraction of sp³-hybridized carbons (Fsp3) is 0.355. The zero-order valence-corrected chi connectivity index (χ0v) is 23.0. The summed E-state index contributed by atoms with van der Waals surface area (Å²) in [5.41, 5.74) is 2.78. The molecule has 6 rings (SSSR count). The molecule has 2 aliphatic heterocycles. The first-order valence-electron chi connectivity index (χ1n) is 14.1. The van der Waals surface area contributed by atoms with Crippen LogP contribution in [0.15, 0.2) is 54.6 Å². The molecule has 11 heteroatoms. The molecule has 4 aromatic rings. The van der Waals surface area contributed by atoms with Crippen LogP contribution in [0.3, 0.4) is 0 Å². The molecule has 0 amide bonds. The summed E-state index contributed by atoms with van der Waals surface area (Å²) in [7, 11) is 0. The van der Waals surface area contributed by atoms with Crippen LogP contribution in [0.1, 0.15) is 46.7 Å². The van der Waals surface area contributed by atoms with E-state index in [9.17, 15) is 14.3 Å². The number of piperidine rings is 1. The summed E-state index contributed by atoms with van der Waals surface area (Å²) in [6.45, 7) is 3.96. The molecule has 2 fully saturated rings. The molecule has 2 aromatic heterocycles. The Morgan fingerprint density at radius 3 is 2.69 bits per heavy atom. The maximum Gasteiger partial charge on any atom is 0.335 e. The van der Waals surface area contributed by atoms with Gasteiger partial charge in [-0.2, -0.15) is 5.26 Å². The summed E-state index contributed by atoms with van der Waals surface area (Å²) in [6.07, 6.45) is 2.96. The summed E-state index contributed by atoms with van der Waals surface area (Å²) in [4.78, 5) is 23.4. The summed E-state index contributed by atoms with van der Waals surface area (Å²) in [6, 6.07) is 17.0. The van der Waals surface area contributed by atoms with Crippen LogP contribution in [0.4, 0.5) is 10.2 Å². The monoisotopic (exact) mass is 570 g/mol. The van der Waals surface area contributed by atoms with Crippen molar-refractivity contribution in [3.63, 3.8) is 0 Å². The number of aromatic carboxylic acids is 1. The van der Waals surface area contributed by atoms with Crippen molar-refractivity contribution in [2.45, 2.75) is 51.1 Å². The molecule has 42 heavy (non-hydrogen) atoms. The minimum absolute atomic E-state index is 0.0811. The number of carboxylic acids is 1. The van der Waals surface area contributed by atoms with E-state index in [0.29, 0.717) is 18.8 Å². The molecule has 0 aliphatic carbocycles. The number of aromatic nitrogens is 3. The molecule has 0 radical (unpaired) electrons. The summed E-state index contributed by atoms with van der Waals surface area (Å²) in [5.74, 6) is 0.215. The molecule has 216 valence electrons. The summed E-state index contributed by atoms with van der Waals surface area (Å²) < 4.78 is 27.5. The Bertz CT molecular complexity index is 1640. The van der Waals surface area contributed by atoms with Crippen LogP contribution in [-0.2, 0) is 24.4 Å². The Morgan fingerprint density at radius 1 is 1.14 bits per heavy atom. The number of pyridine rings is 1. The SMILES string of the molecule is N#Cc1ccc(OCc2cccc(NC3CCN(Cc4nc5ccc(C(=O)O)cc5n4CC4CCO4)CC3)n2)c(F)c1. The van der Waals surface area contributed by atoms with E-state index >= 15 is 0 Å². The van der Waals surface area contributed by atoms with E-state index in [4.69, 9.17) is 19.7 Å². The molecule has 2 aliphatic rings. The fourth-order valence-electron chi connectivity index (χ4n) is 5.39. The van der Waals surface area contributed by atoms with Crippen LogP contribution in [0.2, 0.25) is 0 Å². The predicted octanol–water partition coefficient (Wildman–Crippen LogP) is 4.58. The number of nitrogens with zero attached hydrogens (tertiary/aromatic N) is 5. The molecule has 10 nitrogen and oxygen atoms in total. The molecule has 0 spiro atoms. The highest BCUT2D eigenvalue weighted by Gasteiger charge is 2.25. The lowest BCUT2D eigenvalue weighted by molar-refractivity contribution is -0.0592. The number of benzene rings is 2. The van der Waals surface area contributed by atoms with Gasteiger partial charge in [0, 0.05) is 25.7 Å². The van der Waals surface area contributed by atoms with Crippen molar-refractivity contribution in [1.82, 2.24) is 19.4 Å². The second-order valence-corrected chi connectivity index (χ2v) is 10.7. The fourth-order valence-corrected chi connectivity index (χ4v) is 5.39. The molecule has 0 saturated carbocycles. The van der Waals surface area contributed by atoms with Gasteiger partial charge in [0.05, 0.1) is 53.1 Å². The van der Waals surface area contributed by atoms with Gasteiger partial charge >= 0.3 is 5.97 Å². The highest BCUT2D eigenvalue weighted by molar-refractivity contribution is 5.92. The van der Waals surface area contributed by atoms with Gasteiger partial charge in [-0.05, 0) is 67.8 Å². The second-order valence-electron chi connectivity index (χ2n) is 10.7. The van der Waals surface area contributed by atoms with Crippen molar-refractivity contribution in [2.24, 2.45) is 0 Å². The molecule has 0 bridgehead atoms. The smallest absolute Gasteiger partial charge is 0.335 e. The number of nitrogens with one attached hydrogen (secondary N) is 1. The van der Waals surface area contributed by atoms with Gasteiger partial charge in [0.15, 0.2) is 11.6 Å². The van der Waals surface area contributed by atoms with E-state index in [-0.39, 0.29) is 35.6 Å². The number of fused-ring (bicyclic) bond motifs is 1. The second kappa shape index (κ2) is 12.1. The Labute approximate surface area is 242 Å². The van der Waals surface area contributed by atoms with Gasteiger partial charge in [0.2, 0.25) is 0 Å². The highest BCUT2D eigenvalue weighted by Crippen LogP contribution is 2.25. The standard InChI is InChI=1S/C31H31FN6O4/c32-25-14-20(16-33)4-7-28(25)42-19-23-2-1-3-29(35-23)34-22-8-11-37(12-9-22)18-30-36-26-6-5-21(31(39)40)15-27(26)38(30)17-24-10-13-41-24/h1-7,14-15,22,24H,8-13,17-19H2,(H,34,35)(H,39,40). The number of halogens is 1. The molecule has 2 N–H and O–H groups in total. The molecule has 2 saturated heterocycles. The molecule has 4 heterocycles. The van der Waals surface area contributed by atoms with Crippen LogP contribution >= 0.6 is 0 Å². The number of carbonyl (C=O) groups is 1. The summed E-state index contributed by atoms with van der Waals surface area (Å²) >= 11 is 0. The molecule has 2 aromatic carbocycles. The zero-order chi connectivity index (χ0) is 29.1. The number of carboxylic acid groups (broad SMARTS) is 1. The highest BCUT2D eigenvalue weighted by atomic mass is 19.1. The number of ether oxygens (including phenoxy) is 2. The average molecular weight is 571 g/mol. The minimum atomic E-state index is -0.951. The number of hydrogen-bond acceptors (Lipinski definition) is 8. The summed E-state index contributed by atoms with van der Waals surface area (Å²) in [5, 5.41) is 21.9. The van der Waals surface area contributed by atoms with Gasteiger partial charge in [-0.15, -0.1) is 0 Å². The lowest BCUT2D eigenvalue weighted by Crippen LogP contribution is -2.39. The third kappa shape index (κ3) is 6.20. The third-order valence-electron chi connectivity index (χ3n) is 7.80. The maximum atomic E-state index is 14.1. The number of hydrogen-bond donors (Lipinski definition) is 2. The van der Waals surface area contributed by atoms with E-state index < -0.39 is 11.8 Å². The van der Waals surface area contributed by atoms with Crippen molar-refractivity contribution in [3.8, 4) is 11.8 Å². The van der Waals surface area contributed by atoms with Gasteiger partial charge in [-0.3, -0.25) is 4.90 Å². The largest absolute Gasteiger partial charge is 0.484 e. The van der Waals surface area contributed by atoms with Crippen molar-refractivity contribution in [3.05, 3.63) is 83.1 Å². The number of anilines is 1. The van der Waals surface area contributed by atoms with Crippen molar-refractivity contribution < 1.29 is 23.8 Å². The van der Waals surface area contributed by atoms with Crippen molar-refractivity contribution >= 4 is 22.8 Å². The van der Waals surface area contributed by atoms with Crippen LogP contribution in [0.5, 0.6) is 5.75 Å². The molecular formula is C31H31FN6O4. The average Bonchev–Trinajstić information content (AvgIpc) is 3.31. The predicted molar refractivity (Wildman–Crippen MR) is 153 cm³/mol. The normalized spacial score (nSPS) is 17.5. The van der Waals surface area contributed by atoms with Gasteiger partial charge < -0.3 is 24.5 Å². The quantitative estimate of drug-likeness (QED) is 0.282. The number of likely N-dealkylation sites (tertiary alicyclic amines) is 1. The zero-order valence-electron chi connectivity index (χ0n) is 23.0. The molecular weight excluding hydrogens is 539 g/mol. The van der Waals surface area contributed by atoms with Gasteiger partial charge in [0.1, 0.15) is 18.2 Å². The number of rotatable bonds is 10. The van der Waals surface area contributed by atoms with Crippen LogP contribution in [-0.4, -0.2) is 62.4 Å². The molecule has 1 atom stereocenters. The van der Waals surface area contributed by atoms with Crippen LogP contribution < -0.4 is 10.1 Å². The van der Waals surface area contributed by atoms with E-state index in [1.165, 1.54) is 12.1 Å². The van der Waals surface area contributed by atoms with Crippen molar-refractivity contribution in [1.29, 1.82) is 5.26 Å². The van der Waals surface area contributed by atoms with E-state index in [0.717, 1.165) is 67.7 Å². The van der Waals surface area contributed by atoms with Crippen molar-refractivity contribution in [2.75, 3.05) is 25.0 Å². The minimum Gasteiger partial charge on any atom is -0.484 e. The topological polar surface area (TPSA) is 126 Å². The Morgan fingerprint density at radius 2 is 1.98 bits per heavy atom. The van der Waals surface area contributed by atoms with Gasteiger partial charge in [-0.25, -0.2) is 19.2 Å². The van der Waals surface area contributed by atoms with Gasteiger partial charge in [0.25, 0.3) is 0 Å². The molecule has 1 unspecified atom stereocenters. The first-order chi connectivity index (χ1) is 20.4. The van der Waals surface area contributed by atoms with E-state index in [2.05, 4.69) is 19.8 Å². The van der Waals surface area contributed by atoms with E-state index in [1.54, 1.807) is 18.2 Å². The Hall–Kier alpha value is -4.53. The van der Waals surface area contributed by atoms with Crippen LogP contribution in [0, 0.1) is 17.1 Å². The lowest BCUT2D eigenvalue weighted by atomic mass is 10.0. The van der Waals surface area contributed by atoms with Gasteiger partial charge in [-0.1, -0.05) is 6.07 Å². The van der Waals surface area contributed by atoms with Crippen LogP contribution in [0.25, 0.3) is 11.0 Å². The Kier molecular flexibility index (Phi) is 7.99. The lowest BCUT2D eigenvalue weighted by Gasteiger charge is -2.33. The third-order valence-corrected chi connectivity index (χ3v) is 7.80. The first-order valence-corrected chi connectivity index (χ1v) is 14.1.